The van der Waals surface area contributed by atoms with E-state index in [4.69, 9.17) is 10.5 Å². The summed E-state index contributed by atoms with van der Waals surface area (Å²) in [4.78, 5) is 135. The molecular weight excluding hydrogens is 889 g/mol. The van der Waals surface area contributed by atoms with Crippen molar-refractivity contribution >= 4 is 59.0 Å². The second-order valence-electron chi connectivity index (χ2n) is 17.7. The number of Topliss-reactive ketones (excluding diaryl/α,β-unsaturated/α-hetero) is 1. The fourth-order valence-electron chi connectivity index (χ4n) is 7.07. The lowest BCUT2D eigenvalue weighted by atomic mass is 9.93. The Labute approximate surface area is 393 Å². The Kier molecular flexibility index (Phi) is 20.7. The third-order valence-electron chi connectivity index (χ3n) is 10.6. The van der Waals surface area contributed by atoms with Crippen molar-refractivity contribution in [3.05, 3.63) is 71.8 Å². The second-order valence-corrected chi connectivity index (χ2v) is 17.7. The summed E-state index contributed by atoms with van der Waals surface area (Å²) < 4.78 is 5.50. The number of benzene rings is 2. The van der Waals surface area contributed by atoms with Gasteiger partial charge in [0.15, 0.2) is 0 Å². The Morgan fingerprint density at radius 1 is 0.706 bits per heavy atom. The number of ether oxygens (including phenoxy) is 1. The quantitative estimate of drug-likeness (QED) is 0.0468. The molecule has 1 saturated heterocycles. The maximum absolute atomic E-state index is 14.3. The Hall–Kier alpha value is -6.78. The first-order chi connectivity index (χ1) is 31.8. The first-order valence-corrected chi connectivity index (χ1v) is 22.2. The average Bonchev–Trinajstić information content (AvgIpc) is 3.25. The van der Waals surface area contributed by atoms with Crippen molar-refractivity contribution in [1.29, 1.82) is 0 Å². The molecule has 8 amide bonds. The van der Waals surface area contributed by atoms with Gasteiger partial charge in [0.1, 0.15) is 42.4 Å². The summed E-state index contributed by atoms with van der Waals surface area (Å²) in [6, 6.07) is 5.23. The van der Waals surface area contributed by atoms with Crippen LogP contribution in [0.2, 0.25) is 0 Å². The molecule has 1 fully saturated rings. The van der Waals surface area contributed by atoms with E-state index in [0.29, 0.717) is 11.1 Å². The molecule has 22 heteroatoms. The van der Waals surface area contributed by atoms with Gasteiger partial charge >= 0.3 is 11.8 Å². The van der Waals surface area contributed by atoms with Crippen molar-refractivity contribution in [3.63, 3.8) is 0 Å². The van der Waals surface area contributed by atoms with Gasteiger partial charge in [-0.15, -0.1) is 0 Å². The third-order valence-corrected chi connectivity index (χ3v) is 10.6. The first-order valence-electron chi connectivity index (χ1n) is 22.2. The molecule has 3 unspecified atom stereocenters. The van der Waals surface area contributed by atoms with Crippen molar-refractivity contribution in [2.75, 3.05) is 0 Å². The van der Waals surface area contributed by atoms with E-state index in [2.05, 4.69) is 37.2 Å². The average molecular weight is 953 g/mol. The van der Waals surface area contributed by atoms with Crippen LogP contribution in [-0.4, -0.2) is 135 Å². The number of hydrogen-bond donors (Lipinski definition) is 11. The smallest absolute Gasteiger partial charge is 0.328 e. The lowest BCUT2D eigenvalue weighted by Crippen LogP contribution is -2.65. The number of esters is 1. The molecule has 22 nitrogen and oxygen atoms in total. The molecule has 372 valence electrons. The molecule has 12 N–H and O–H groups in total. The topological polar surface area (TPSA) is 351 Å². The zero-order valence-corrected chi connectivity index (χ0v) is 39.1. The fraction of sp³-hybridized carbons (Fsp3) is 0.522. The summed E-state index contributed by atoms with van der Waals surface area (Å²) in [6.07, 6.45) is -4.89. The van der Waals surface area contributed by atoms with Gasteiger partial charge in [-0.2, -0.15) is 0 Å². The van der Waals surface area contributed by atoms with Crippen molar-refractivity contribution in [2.24, 2.45) is 17.6 Å². The predicted molar refractivity (Wildman–Crippen MR) is 242 cm³/mol. The maximum Gasteiger partial charge on any atom is 0.328 e. The number of hydrogen-bond acceptors (Lipinski definition) is 14. The summed E-state index contributed by atoms with van der Waals surface area (Å²) in [5.41, 5.74) is 6.62. The highest BCUT2D eigenvalue weighted by Gasteiger charge is 2.48. The molecule has 9 atom stereocenters. The Balaban J connectivity index is 2.06. The number of nitrogens with two attached hydrogens (primary N) is 1. The molecule has 2 aromatic rings. The summed E-state index contributed by atoms with van der Waals surface area (Å²) in [7, 11) is 0. The number of rotatable bonds is 16. The number of aliphatic hydroxyl groups is 3. The molecule has 1 heterocycles. The van der Waals surface area contributed by atoms with Crippen LogP contribution in [0.5, 0.6) is 0 Å². The highest BCUT2D eigenvalue weighted by molar-refractivity contribution is 6.11. The minimum Gasteiger partial charge on any atom is -0.458 e. The van der Waals surface area contributed by atoms with Gasteiger partial charge in [0.05, 0.1) is 25.0 Å². The minimum absolute atomic E-state index is 0.0530. The van der Waals surface area contributed by atoms with Crippen LogP contribution in [0, 0.1) is 11.8 Å². The van der Waals surface area contributed by atoms with Crippen molar-refractivity contribution in [2.45, 2.75) is 141 Å². The van der Waals surface area contributed by atoms with Crippen molar-refractivity contribution < 1.29 is 68.0 Å². The van der Waals surface area contributed by atoms with Crippen LogP contribution in [0.3, 0.4) is 0 Å². The Morgan fingerprint density at radius 3 is 1.78 bits per heavy atom. The molecule has 3 rings (SSSR count). The number of aliphatic hydroxyl groups excluding tert-OH is 1. The van der Waals surface area contributed by atoms with E-state index in [0.717, 1.165) is 20.8 Å². The number of cyclic esters (lactones) is 1. The van der Waals surface area contributed by atoms with Crippen LogP contribution >= 0.6 is 0 Å². The number of amides is 8. The normalized spacial score (nSPS) is 23.2. The van der Waals surface area contributed by atoms with Gasteiger partial charge in [-0.3, -0.25) is 43.2 Å². The minimum atomic E-state index is -3.92. The van der Waals surface area contributed by atoms with Gasteiger partial charge in [-0.1, -0.05) is 88.4 Å². The molecular formula is C46H64N8O14. The van der Waals surface area contributed by atoms with E-state index in [1.165, 1.54) is 0 Å². The molecule has 68 heavy (non-hydrogen) atoms. The van der Waals surface area contributed by atoms with Gasteiger partial charge in [-0.05, 0) is 56.6 Å². The van der Waals surface area contributed by atoms with E-state index >= 15 is 0 Å². The fourth-order valence-corrected chi connectivity index (χ4v) is 7.07. The number of carbonyl (C=O) groups is 10. The standard InChI is InChI=1S/C46H64N8O14/c1-23(2)18-30-38(58)46(66,67)45(65)52-31(19-24(3)4)40(60)51-33(22-34(47)56)39(59)48-25(5)44(64)68-27(7)37(43(63)50-30)54-42(62)36(26(6)55)53-41(61)32(20-28-14-10-8-11-15-28)49-35(57)21-29-16-12-9-13-17-29/h8-17,23-27,30-33,36-37,55,66-67H,18-22H2,1-7H3,(H2,47,56)(H,48,59)(H,49,57)(H,50,63)(H,51,60)(H,52,65)(H,53,61)(H,54,62)/t25-,26?,27?,30?,31+,32+,33+,36+,37+/m1/s1. The van der Waals surface area contributed by atoms with Crippen LogP contribution in [-0.2, 0) is 65.5 Å². The molecule has 1 aliphatic rings. The van der Waals surface area contributed by atoms with Crippen LogP contribution in [0.4, 0.5) is 0 Å². The number of primary amides is 1. The SMILES string of the molecule is CC(C)CC1NC(=O)[C@@H](NC(=O)[C@@H](NC(=O)[C@H](Cc2ccccc2)NC(=O)Cc2ccccc2)C(C)O)C(C)OC(=O)[C@@H](C)NC(=O)[C@H](CC(N)=O)NC(=O)[C@H](CC(C)C)NC(=O)C(O)(O)C1=O. The lowest BCUT2D eigenvalue weighted by Gasteiger charge is -2.32. The molecule has 2 aromatic carbocycles. The summed E-state index contributed by atoms with van der Waals surface area (Å²) >= 11 is 0. The highest BCUT2D eigenvalue weighted by atomic mass is 16.5. The summed E-state index contributed by atoms with van der Waals surface area (Å²) in [5.74, 6) is -16.7. The van der Waals surface area contributed by atoms with Crippen LogP contribution in [0.15, 0.2) is 60.7 Å². The lowest BCUT2D eigenvalue weighted by molar-refractivity contribution is -0.193. The van der Waals surface area contributed by atoms with Gasteiger partial charge in [0.25, 0.3) is 5.91 Å². The largest absolute Gasteiger partial charge is 0.458 e. The zero-order valence-electron chi connectivity index (χ0n) is 39.1. The number of carbonyl (C=O) groups excluding carboxylic acids is 10. The maximum atomic E-state index is 14.3. The van der Waals surface area contributed by atoms with Crippen molar-refractivity contribution in [3.8, 4) is 0 Å². The predicted octanol–water partition coefficient (Wildman–Crippen LogP) is -2.57. The molecule has 1 aliphatic heterocycles. The second kappa shape index (κ2) is 25.4. The zero-order chi connectivity index (χ0) is 51.0. The van der Waals surface area contributed by atoms with Gasteiger partial charge < -0.3 is 63.0 Å². The van der Waals surface area contributed by atoms with E-state index in [9.17, 15) is 63.3 Å². The molecule has 0 radical (unpaired) electrons. The third kappa shape index (κ3) is 16.8. The molecule has 0 aromatic heterocycles. The van der Waals surface area contributed by atoms with Crippen molar-refractivity contribution in [1.82, 2.24) is 37.2 Å². The van der Waals surface area contributed by atoms with E-state index in [1.54, 1.807) is 88.4 Å². The van der Waals surface area contributed by atoms with Gasteiger partial charge in [0.2, 0.25) is 47.1 Å². The Morgan fingerprint density at radius 2 is 1.24 bits per heavy atom. The van der Waals surface area contributed by atoms with E-state index < -0.39 is 132 Å². The molecule has 0 bridgehead atoms. The first kappa shape index (κ1) is 55.5. The monoisotopic (exact) mass is 952 g/mol. The number of nitrogens with one attached hydrogen (secondary N) is 7. The number of ketones is 1. The Bertz CT molecular complexity index is 2140. The van der Waals surface area contributed by atoms with Crippen LogP contribution in [0.25, 0.3) is 0 Å². The molecule has 0 aliphatic carbocycles. The van der Waals surface area contributed by atoms with E-state index in [1.807, 2.05) is 0 Å². The van der Waals surface area contributed by atoms with Crippen LogP contribution in [0.1, 0.15) is 78.9 Å². The van der Waals surface area contributed by atoms with Gasteiger partial charge in [0, 0.05) is 6.42 Å². The summed E-state index contributed by atoms with van der Waals surface area (Å²) in [6.45, 7) is 9.90. The van der Waals surface area contributed by atoms with E-state index in [-0.39, 0.29) is 31.6 Å². The van der Waals surface area contributed by atoms with Crippen LogP contribution < -0.4 is 43.0 Å². The highest BCUT2D eigenvalue weighted by Crippen LogP contribution is 2.17. The molecule has 0 saturated carbocycles. The molecule has 0 spiro atoms. The summed E-state index contributed by atoms with van der Waals surface area (Å²) in [5, 5.41) is 49.4. The van der Waals surface area contributed by atoms with Gasteiger partial charge in [-0.25, -0.2) is 4.79 Å².